The van der Waals surface area contributed by atoms with Gasteiger partial charge in [-0.1, -0.05) is 0 Å². The first-order chi connectivity index (χ1) is 8.29. The number of benzene rings is 1. The predicted octanol–water partition coefficient (Wildman–Crippen LogP) is 4.42. The Balaban J connectivity index is 2.01. The van der Waals surface area contributed by atoms with Crippen LogP contribution in [0.25, 0.3) is 0 Å². The summed E-state index contributed by atoms with van der Waals surface area (Å²) in [6.45, 7) is 7.15. The molecule has 1 aromatic carbocycles. The molecule has 0 unspecified atom stereocenters. The molecule has 1 aliphatic heterocycles. The van der Waals surface area contributed by atoms with Crippen molar-refractivity contribution in [1.82, 2.24) is 3.11 Å². The second kappa shape index (κ2) is 6.74. The molecule has 1 aromatic rings. The maximum absolute atomic E-state index is 2.83. The summed E-state index contributed by atoms with van der Waals surface area (Å²) < 4.78 is 5.75. The van der Waals surface area contributed by atoms with E-state index in [2.05, 4.69) is 41.2 Å². The molecule has 0 radical (unpaired) electrons. The summed E-state index contributed by atoms with van der Waals surface area (Å²) in [4.78, 5) is 0. The van der Waals surface area contributed by atoms with Crippen LogP contribution in [-0.2, 0) is 4.43 Å². The standard InChI is InChI=1S/C15H24IN/c1-3-17-12-6-4-5-11-16(17)13-15-9-7-14(2)8-10-15/h7-10H,3-6,11-13H2,1-2H3. The van der Waals surface area contributed by atoms with Crippen LogP contribution in [0, 0.1) is 6.92 Å². The van der Waals surface area contributed by atoms with E-state index in [-0.39, 0.29) is 0 Å². The van der Waals surface area contributed by atoms with E-state index in [0.717, 1.165) is 0 Å². The monoisotopic (exact) mass is 345 g/mol. The van der Waals surface area contributed by atoms with Crippen LogP contribution in [0.1, 0.15) is 37.3 Å². The van der Waals surface area contributed by atoms with Gasteiger partial charge in [-0.2, -0.15) is 0 Å². The molecule has 1 saturated heterocycles. The van der Waals surface area contributed by atoms with Crippen LogP contribution in [0.2, 0.25) is 0 Å². The molecule has 2 heteroatoms. The van der Waals surface area contributed by atoms with Crippen molar-refractivity contribution >= 4 is 20.1 Å². The fourth-order valence-electron chi connectivity index (χ4n) is 2.28. The maximum atomic E-state index is 2.83. The van der Waals surface area contributed by atoms with Gasteiger partial charge < -0.3 is 0 Å². The molecule has 1 heterocycles. The number of aryl methyl sites for hydroxylation is 1. The molecule has 2 rings (SSSR count). The van der Waals surface area contributed by atoms with Gasteiger partial charge in [0.05, 0.1) is 0 Å². The molecule has 1 aliphatic rings. The number of hydrogen-bond acceptors (Lipinski definition) is 1. The second-order valence-corrected chi connectivity index (χ2v) is 10.4. The van der Waals surface area contributed by atoms with Crippen molar-refractivity contribution in [3.63, 3.8) is 0 Å². The van der Waals surface area contributed by atoms with Gasteiger partial charge in [-0.15, -0.1) is 0 Å². The zero-order chi connectivity index (χ0) is 12.1. The van der Waals surface area contributed by atoms with Gasteiger partial charge in [-0.05, 0) is 0 Å². The molecule has 0 N–H and O–H groups in total. The first kappa shape index (κ1) is 13.3. The van der Waals surface area contributed by atoms with Crippen molar-refractivity contribution < 1.29 is 0 Å². The van der Waals surface area contributed by atoms with Crippen molar-refractivity contribution in [2.45, 2.75) is 37.5 Å². The number of alkyl halides is 2. The Morgan fingerprint density at radius 3 is 2.59 bits per heavy atom. The SMILES string of the molecule is CCN1CCCCCI1Cc1ccc(C)cc1. The predicted molar refractivity (Wildman–Crippen MR) is 84.9 cm³/mol. The summed E-state index contributed by atoms with van der Waals surface area (Å²) in [5.41, 5.74) is 2.95. The molecule has 0 spiro atoms. The molecule has 0 saturated carbocycles. The third-order valence-electron chi connectivity index (χ3n) is 3.36. The molecule has 0 atom stereocenters. The van der Waals surface area contributed by atoms with Gasteiger partial charge in [0.1, 0.15) is 0 Å². The summed E-state index contributed by atoms with van der Waals surface area (Å²) in [5, 5.41) is 0. The average molecular weight is 345 g/mol. The number of nitrogens with zero attached hydrogens (tertiary/aromatic N) is 1. The Labute approximate surface area is 113 Å². The number of hydrogen-bond donors (Lipinski definition) is 0. The van der Waals surface area contributed by atoms with Crippen molar-refractivity contribution in [2.75, 3.05) is 17.5 Å². The van der Waals surface area contributed by atoms with Crippen molar-refractivity contribution in [3.05, 3.63) is 35.4 Å². The Hall–Kier alpha value is -0.0900. The van der Waals surface area contributed by atoms with Crippen molar-refractivity contribution in [2.24, 2.45) is 0 Å². The Morgan fingerprint density at radius 1 is 1.12 bits per heavy atom. The average Bonchev–Trinajstić information content (AvgIpc) is 2.57. The minimum absolute atomic E-state index is 0.883. The summed E-state index contributed by atoms with van der Waals surface area (Å²) >= 11 is -0.883. The fourth-order valence-corrected chi connectivity index (χ4v) is 8.76. The third kappa shape index (κ3) is 3.95. The van der Waals surface area contributed by atoms with Gasteiger partial charge in [0.2, 0.25) is 0 Å². The van der Waals surface area contributed by atoms with E-state index >= 15 is 0 Å². The van der Waals surface area contributed by atoms with Gasteiger partial charge in [-0.25, -0.2) is 0 Å². The van der Waals surface area contributed by atoms with Crippen LogP contribution in [0.5, 0.6) is 0 Å². The summed E-state index contributed by atoms with van der Waals surface area (Å²) in [5.74, 6) is 0. The Bertz CT molecular complexity index is 333. The normalized spacial score (nSPS) is 20.2. The number of halogens is 1. The van der Waals surface area contributed by atoms with Crippen LogP contribution in [0.4, 0.5) is 0 Å². The molecule has 0 aromatic heterocycles. The van der Waals surface area contributed by atoms with E-state index in [0.29, 0.717) is 0 Å². The molecular weight excluding hydrogens is 321 g/mol. The van der Waals surface area contributed by atoms with E-state index in [1.807, 2.05) is 0 Å². The first-order valence-corrected chi connectivity index (χ1v) is 10.7. The first-order valence-electron chi connectivity index (χ1n) is 6.72. The van der Waals surface area contributed by atoms with E-state index in [1.165, 1.54) is 46.8 Å². The van der Waals surface area contributed by atoms with Gasteiger partial charge in [0.25, 0.3) is 0 Å². The Kier molecular flexibility index (Phi) is 5.29. The van der Waals surface area contributed by atoms with Gasteiger partial charge in [-0.3, -0.25) is 0 Å². The fraction of sp³-hybridized carbons (Fsp3) is 0.600. The van der Waals surface area contributed by atoms with Crippen LogP contribution in [-0.4, -0.2) is 20.6 Å². The van der Waals surface area contributed by atoms with E-state index < -0.39 is 20.1 Å². The molecule has 96 valence electrons. The third-order valence-corrected chi connectivity index (χ3v) is 10.2. The Morgan fingerprint density at radius 2 is 1.88 bits per heavy atom. The summed E-state index contributed by atoms with van der Waals surface area (Å²) in [7, 11) is 0. The molecule has 17 heavy (non-hydrogen) atoms. The van der Waals surface area contributed by atoms with Crippen molar-refractivity contribution in [1.29, 1.82) is 0 Å². The van der Waals surface area contributed by atoms with Crippen LogP contribution in [0.15, 0.2) is 24.3 Å². The molecule has 1 fully saturated rings. The van der Waals surface area contributed by atoms with E-state index in [4.69, 9.17) is 0 Å². The molecule has 1 nitrogen and oxygen atoms in total. The summed E-state index contributed by atoms with van der Waals surface area (Å²) in [6.07, 6.45) is 4.36. The molecule has 0 aliphatic carbocycles. The van der Waals surface area contributed by atoms with Gasteiger partial charge in [0.15, 0.2) is 0 Å². The van der Waals surface area contributed by atoms with Crippen LogP contribution >= 0.6 is 20.1 Å². The van der Waals surface area contributed by atoms with Gasteiger partial charge in [0, 0.05) is 0 Å². The number of rotatable bonds is 3. The van der Waals surface area contributed by atoms with E-state index in [9.17, 15) is 0 Å². The van der Waals surface area contributed by atoms with Gasteiger partial charge >= 0.3 is 114 Å². The molecule has 0 bridgehead atoms. The molecular formula is C15H24IN. The van der Waals surface area contributed by atoms with E-state index in [1.54, 1.807) is 5.56 Å². The zero-order valence-corrected chi connectivity index (χ0v) is 13.2. The van der Waals surface area contributed by atoms with Crippen molar-refractivity contribution in [3.8, 4) is 0 Å². The zero-order valence-electron chi connectivity index (χ0n) is 11.1. The van der Waals surface area contributed by atoms with Crippen LogP contribution in [0.3, 0.4) is 0 Å². The quantitative estimate of drug-likeness (QED) is 0.445. The second-order valence-electron chi connectivity index (χ2n) is 4.80. The van der Waals surface area contributed by atoms with Crippen LogP contribution < -0.4 is 0 Å². The minimum atomic E-state index is -0.883. The molecule has 0 amide bonds. The summed E-state index contributed by atoms with van der Waals surface area (Å²) in [6, 6.07) is 9.20. The topological polar surface area (TPSA) is 3.24 Å².